The number of hydrogen-bond acceptors (Lipinski definition) is 4. The van der Waals surface area contributed by atoms with Crippen molar-refractivity contribution in [2.24, 2.45) is 0 Å². The fraction of sp³-hybridized carbons (Fsp3) is 0.185. The largest absolute Gasteiger partial charge is 0.356 e. The van der Waals surface area contributed by atoms with E-state index in [2.05, 4.69) is 10.7 Å². The Bertz CT molecular complexity index is 1190. The second-order valence-electron chi connectivity index (χ2n) is 8.17. The number of hydrogen-bond donors (Lipinski definition) is 2. The number of hydrazine groups is 1. The van der Waals surface area contributed by atoms with Crippen LogP contribution in [0.4, 0.5) is 0 Å². The number of carbonyl (C=O) groups excluding carboxylic acids is 3. The maximum atomic E-state index is 13.3. The van der Waals surface area contributed by atoms with Crippen molar-refractivity contribution in [3.63, 3.8) is 0 Å². The minimum absolute atomic E-state index is 0.131. The standard InChI is InChI=1S/C27H26N4O3S/c32-24(28-17-16-20-10-4-1-5-11-20)18-23-26(34)30(19-21-12-6-2-7-13-21)27(35)31(23)29-25(33)22-14-8-3-9-15-22/h1-15,23H,16-19H2,(H,28,32)(H,29,33)/t23-/m1/s1. The topological polar surface area (TPSA) is 81.8 Å². The summed E-state index contributed by atoms with van der Waals surface area (Å²) in [5.74, 6) is -1.02. The van der Waals surface area contributed by atoms with Crippen molar-refractivity contribution in [1.82, 2.24) is 20.7 Å². The second-order valence-corrected chi connectivity index (χ2v) is 8.54. The van der Waals surface area contributed by atoms with Crippen LogP contribution in [0, 0.1) is 0 Å². The van der Waals surface area contributed by atoms with E-state index in [-0.39, 0.29) is 29.9 Å². The lowest BCUT2D eigenvalue weighted by molar-refractivity contribution is -0.132. The number of nitrogens with zero attached hydrogens (tertiary/aromatic N) is 2. The van der Waals surface area contributed by atoms with Crippen LogP contribution in [0.2, 0.25) is 0 Å². The molecule has 35 heavy (non-hydrogen) atoms. The molecule has 1 aliphatic heterocycles. The minimum Gasteiger partial charge on any atom is -0.356 e. The fourth-order valence-electron chi connectivity index (χ4n) is 3.87. The summed E-state index contributed by atoms with van der Waals surface area (Å²) in [4.78, 5) is 40.4. The molecule has 1 heterocycles. The van der Waals surface area contributed by atoms with Crippen LogP contribution in [0.5, 0.6) is 0 Å². The molecule has 0 spiro atoms. The Morgan fingerprint density at radius 1 is 0.829 bits per heavy atom. The Hall–Kier alpha value is -4.04. The first-order valence-corrected chi connectivity index (χ1v) is 11.8. The molecule has 0 radical (unpaired) electrons. The Balaban J connectivity index is 1.46. The molecular weight excluding hydrogens is 460 g/mol. The van der Waals surface area contributed by atoms with Gasteiger partial charge in [0.1, 0.15) is 6.04 Å². The van der Waals surface area contributed by atoms with E-state index in [0.29, 0.717) is 18.5 Å². The second kappa shape index (κ2) is 11.4. The third kappa shape index (κ3) is 6.10. The van der Waals surface area contributed by atoms with Gasteiger partial charge in [-0.25, -0.2) is 5.01 Å². The number of rotatable bonds is 9. The van der Waals surface area contributed by atoms with Crippen LogP contribution in [-0.2, 0) is 22.6 Å². The molecule has 0 aliphatic carbocycles. The summed E-state index contributed by atoms with van der Waals surface area (Å²) < 4.78 is 0. The maximum Gasteiger partial charge on any atom is 0.269 e. The zero-order valence-electron chi connectivity index (χ0n) is 19.1. The normalized spacial score (nSPS) is 15.3. The molecule has 0 aromatic heterocycles. The molecule has 3 aromatic carbocycles. The van der Waals surface area contributed by atoms with Crippen LogP contribution in [0.1, 0.15) is 27.9 Å². The molecule has 3 amide bonds. The van der Waals surface area contributed by atoms with Gasteiger partial charge < -0.3 is 5.32 Å². The predicted octanol–water partition coefficient (Wildman–Crippen LogP) is 3.08. The van der Waals surface area contributed by atoms with E-state index >= 15 is 0 Å². The average molecular weight is 487 g/mol. The van der Waals surface area contributed by atoms with Gasteiger partial charge in [0.05, 0.1) is 13.0 Å². The third-order valence-electron chi connectivity index (χ3n) is 5.70. The molecular formula is C27H26N4O3S. The molecule has 7 nitrogen and oxygen atoms in total. The third-order valence-corrected chi connectivity index (χ3v) is 6.12. The van der Waals surface area contributed by atoms with E-state index in [1.807, 2.05) is 66.7 Å². The zero-order chi connectivity index (χ0) is 24.6. The summed E-state index contributed by atoms with van der Waals surface area (Å²) in [5, 5.41) is 4.37. The molecule has 0 saturated carbocycles. The highest BCUT2D eigenvalue weighted by Gasteiger charge is 2.44. The molecule has 0 unspecified atom stereocenters. The monoisotopic (exact) mass is 486 g/mol. The van der Waals surface area contributed by atoms with Gasteiger partial charge in [-0.1, -0.05) is 78.9 Å². The van der Waals surface area contributed by atoms with E-state index in [4.69, 9.17) is 12.2 Å². The summed E-state index contributed by atoms with van der Waals surface area (Å²) in [6.45, 7) is 0.695. The smallest absolute Gasteiger partial charge is 0.269 e. The van der Waals surface area contributed by atoms with Gasteiger partial charge in [-0.15, -0.1) is 0 Å². The quantitative estimate of drug-likeness (QED) is 0.455. The number of thiocarbonyl (C=S) groups is 1. The average Bonchev–Trinajstić information content (AvgIpc) is 3.09. The Morgan fingerprint density at radius 3 is 2.03 bits per heavy atom. The predicted molar refractivity (Wildman–Crippen MR) is 137 cm³/mol. The Kier molecular flexibility index (Phi) is 7.84. The first-order valence-electron chi connectivity index (χ1n) is 11.4. The summed E-state index contributed by atoms with van der Waals surface area (Å²) in [6, 6.07) is 27.0. The van der Waals surface area contributed by atoms with Gasteiger partial charge in [0.25, 0.3) is 11.8 Å². The van der Waals surface area contributed by atoms with E-state index in [9.17, 15) is 14.4 Å². The lowest BCUT2D eigenvalue weighted by Gasteiger charge is -2.24. The van der Waals surface area contributed by atoms with E-state index in [1.54, 1.807) is 24.3 Å². The Labute approximate surface area is 209 Å². The van der Waals surface area contributed by atoms with Gasteiger partial charge in [0.2, 0.25) is 5.91 Å². The number of carbonyl (C=O) groups is 3. The zero-order valence-corrected chi connectivity index (χ0v) is 19.9. The van der Waals surface area contributed by atoms with Gasteiger partial charge in [-0.05, 0) is 41.9 Å². The highest BCUT2D eigenvalue weighted by atomic mass is 32.1. The molecule has 1 saturated heterocycles. The lowest BCUT2D eigenvalue weighted by atomic mass is 10.1. The number of nitrogens with one attached hydrogen (secondary N) is 2. The summed E-state index contributed by atoms with van der Waals surface area (Å²) in [5.41, 5.74) is 5.17. The van der Waals surface area contributed by atoms with E-state index < -0.39 is 11.9 Å². The van der Waals surface area contributed by atoms with E-state index in [1.165, 1.54) is 9.91 Å². The van der Waals surface area contributed by atoms with Crippen molar-refractivity contribution in [3.8, 4) is 0 Å². The summed E-state index contributed by atoms with van der Waals surface area (Å²) in [7, 11) is 0. The van der Waals surface area contributed by atoms with Crippen molar-refractivity contribution in [2.75, 3.05) is 6.54 Å². The molecule has 2 N–H and O–H groups in total. The molecule has 1 aliphatic rings. The molecule has 1 fully saturated rings. The van der Waals surface area contributed by atoms with Crippen molar-refractivity contribution in [2.45, 2.75) is 25.4 Å². The van der Waals surface area contributed by atoms with Crippen molar-refractivity contribution >= 4 is 35.1 Å². The first-order chi connectivity index (χ1) is 17.0. The highest BCUT2D eigenvalue weighted by Crippen LogP contribution is 2.22. The van der Waals surface area contributed by atoms with Crippen LogP contribution >= 0.6 is 12.2 Å². The summed E-state index contributed by atoms with van der Waals surface area (Å²) >= 11 is 5.57. The van der Waals surface area contributed by atoms with Crippen LogP contribution < -0.4 is 10.7 Å². The fourth-order valence-corrected chi connectivity index (χ4v) is 4.19. The molecule has 8 heteroatoms. The van der Waals surface area contributed by atoms with Crippen LogP contribution in [0.15, 0.2) is 91.0 Å². The molecule has 4 rings (SSSR count). The number of amides is 3. The molecule has 0 bridgehead atoms. The highest BCUT2D eigenvalue weighted by molar-refractivity contribution is 7.80. The van der Waals surface area contributed by atoms with Crippen LogP contribution in [0.3, 0.4) is 0 Å². The minimum atomic E-state index is -0.935. The van der Waals surface area contributed by atoms with Crippen molar-refractivity contribution < 1.29 is 14.4 Å². The van der Waals surface area contributed by atoms with Crippen molar-refractivity contribution in [3.05, 3.63) is 108 Å². The van der Waals surface area contributed by atoms with Gasteiger partial charge in [0, 0.05) is 12.1 Å². The van der Waals surface area contributed by atoms with Crippen LogP contribution in [0.25, 0.3) is 0 Å². The maximum absolute atomic E-state index is 13.3. The Morgan fingerprint density at radius 2 is 1.40 bits per heavy atom. The number of benzene rings is 3. The molecule has 1 atom stereocenters. The van der Waals surface area contributed by atoms with Gasteiger partial charge in [0.15, 0.2) is 5.11 Å². The molecule has 3 aromatic rings. The lowest BCUT2D eigenvalue weighted by Crippen LogP contribution is -2.50. The van der Waals surface area contributed by atoms with Gasteiger partial charge in [-0.3, -0.25) is 24.7 Å². The van der Waals surface area contributed by atoms with Crippen LogP contribution in [-0.4, -0.2) is 45.3 Å². The summed E-state index contributed by atoms with van der Waals surface area (Å²) in [6.07, 6.45) is 0.548. The van der Waals surface area contributed by atoms with Crippen molar-refractivity contribution in [1.29, 1.82) is 0 Å². The first kappa shape index (κ1) is 24.1. The molecule has 178 valence electrons. The SMILES string of the molecule is O=C(C[C@@H]1C(=O)N(Cc2ccccc2)C(=S)N1NC(=O)c1ccccc1)NCCc1ccccc1. The van der Waals surface area contributed by atoms with E-state index in [0.717, 1.165) is 11.1 Å². The van der Waals surface area contributed by atoms with Gasteiger partial charge >= 0.3 is 0 Å². The van der Waals surface area contributed by atoms with Gasteiger partial charge in [-0.2, -0.15) is 0 Å².